The topological polar surface area (TPSA) is 0 Å². The predicted molar refractivity (Wildman–Crippen MR) is 162 cm³/mol. The average molecular weight is 1320 g/mol. The average Bonchev–Trinajstić information content (AvgIpc) is 2.38. The van der Waals surface area contributed by atoms with Crippen molar-refractivity contribution in [3.63, 3.8) is 0 Å². The fourth-order valence-corrected chi connectivity index (χ4v) is 33.8. The van der Waals surface area contributed by atoms with E-state index in [1.165, 1.54) is 0 Å². The number of hydrogen-bond donors (Lipinski definition) is 0. The smallest absolute Gasteiger partial charge is 0.0777 e. The van der Waals surface area contributed by atoms with Gasteiger partial charge in [-0.15, -0.1) is 0 Å². The molecule has 0 N–H and O–H groups in total. The van der Waals surface area contributed by atoms with E-state index >= 15 is 0 Å². The van der Waals surface area contributed by atoms with Gasteiger partial charge >= 0.3 is 0 Å². The molecule has 4 saturated carbocycles. The maximum Gasteiger partial charge on any atom is 0.120 e. The van der Waals surface area contributed by atoms with Crippen molar-refractivity contribution in [2.75, 3.05) is 0 Å². The quantitative estimate of drug-likeness (QED) is 0.212. The SMILES string of the molecule is BrC1(Br)[C]2C(Br)(Br)C3(Br)C(Br)(Br)C1(Br)C(Br)(Br)C(Br)(C2(Br)Br)C3(Br)Br. The van der Waals surface area contributed by atoms with Gasteiger partial charge in [0.1, 0.15) is 32.4 Å². The summed E-state index contributed by atoms with van der Waals surface area (Å²) in [5, 5.41) is 0. The summed E-state index contributed by atoms with van der Waals surface area (Å²) >= 11 is 59.7. The molecule has 4 aliphatic carbocycles. The van der Waals surface area contributed by atoms with Gasteiger partial charge in [0.15, 0.2) is 0 Å². The van der Waals surface area contributed by atoms with Gasteiger partial charge in [-0.25, -0.2) is 0 Å². The minimum absolute atomic E-state index is 0.719. The second-order valence-electron chi connectivity index (χ2n) is 5.80. The summed E-state index contributed by atoms with van der Waals surface area (Å²) in [5.41, 5.74) is 0. The van der Waals surface area contributed by atoms with Crippen molar-refractivity contribution in [2.45, 2.75) is 32.4 Å². The zero-order valence-corrected chi connectivity index (χ0v) is 34.5. The van der Waals surface area contributed by atoms with E-state index in [1.807, 2.05) is 0 Å². The first-order valence-corrected chi connectivity index (χ1v) is 17.7. The van der Waals surface area contributed by atoms with E-state index in [1.54, 1.807) is 0 Å². The van der Waals surface area contributed by atoms with Crippen LogP contribution in [0.2, 0.25) is 0 Å². The molecule has 0 aromatic heterocycles. The lowest BCUT2D eigenvalue weighted by molar-refractivity contribution is 0.170. The van der Waals surface area contributed by atoms with Crippen molar-refractivity contribution >= 4 is 239 Å². The van der Waals surface area contributed by atoms with Gasteiger partial charge in [0.2, 0.25) is 0 Å². The normalized spacial score (nSPS) is 50.0. The second kappa shape index (κ2) is 6.90. The summed E-state index contributed by atoms with van der Waals surface area (Å²) in [4.78, 5) is 0. The number of hydrogen-bond acceptors (Lipinski definition) is 0. The molecule has 0 aliphatic heterocycles. The van der Waals surface area contributed by atoms with Crippen molar-refractivity contribution in [1.29, 1.82) is 0 Å². The first-order chi connectivity index (χ1) is 10.6. The predicted octanol–water partition coefficient (Wildman–Crippen LogP) is 10.9. The van der Waals surface area contributed by atoms with Gasteiger partial charge in [-0.3, -0.25) is 0 Å². The Morgan fingerprint density at radius 3 is 0.640 bits per heavy atom. The van der Waals surface area contributed by atoms with Crippen molar-refractivity contribution in [1.82, 2.24) is 0 Å². The third-order valence-corrected chi connectivity index (χ3v) is 32.9. The van der Waals surface area contributed by atoms with Crippen LogP contribution in [0, 0.1) is 5.92 Å². The summed E-state index contributed by atoms with van der Waals surface area (Å²) in [7, 11) is 0. The van der Waals surface area contributed by atoms with Crippen LogP contribution in [0.25, 0.3) is 0 Å². The largest absolute Gasteiger partial charge is 0.120 e. The first kappa shape index (κ1) is 26.8. The molecule has 0 aromatic carbocycles. The third-order valence-electron chi connectivity index (χ3n) is 4.84. The van der Waals surface area contributed by atoms with Gasteiger partial charge in [0, 0.05) is 0 Å². The molecule has 1 radical (unpaired) electrons. The summed E-state index contributed by atoms with van der Waals surface area (Å²) in [6.07, 6.45) is 0. The zero-order chi connectivity index (χ0) is 20.1. The molecule has 0 spiro atoms. The summed E-state index contributed by atoms with van der Waals surface area (Å²) < 4.78 is -6.59. The number of rotatable bonds is 0. The van der Waals surface area contributed by atoms with Crippen LogP contribution in [0.15, 0.2) is 0 Å². The van der Waals surface area contributed by atoms with Gasteiger partial charge in [-0.05, 0) is 0 Å². The van der Waals surface area contributed by atoms with E-state index < -0.39 is 32.4 Å². The Bertz CT molecular complexity index is 551. The maximum absolute atomic E-state index is 4.06. The van der Waals surface area contributed by atoms with E-state index in [4.69, 9.17) is 0 Å². The molecule has 0 saturated heterocycles. The van der Waals surface area contributed by atoms with Crippen molar-refractivity contribution < 1.29 is 0 Å². The monoisotopic (exact) mass is 1300 g/mol. The van der Waals surface area contributed by atoms with Gasteiger partial charge < -0.3 is 0 Å². The highest BCUT2D eigenvalue weighted by atomic mass is 79.9. The Hall–Kier alpha value is 7.20. The van der Waals surface area contributed by atoms with E-state index in [2.05, 4.69) is 239 Å². The first-order valence-electron chi connectivity index (χ1n) is 5.83. The summed E-state index contributed by atoms with van der Waals surface area (Å²) in [6.45, 7) is 0. The third kappa shape index (κ3) is 2.36. The highest BCUT2D eigenvalue weighted by Crippen LogP contribution is 2.97. The molecule has 25 heavy (non-hydrogen) atoms. The van der Waals surface area contributed by atoms with Gasteiger partial charge in [-0.1, -0.05) is 239 Å². The van der Waals surface area contributed by atoms with Crippen LogP contribution >= 0.6 is 239 Å². The Balaban J connectivity index is 2.64. The van der Waals surface area contributed by atoms with E-state index in [9.17, 15) is 0 Å². The van der Waals surface area contributed by atoms with Gasteiger partial charge in [0.05, 0.1) is 5.92 Å². The molecule has 0 atom stereocenters. The Labute approximate surface area is 271 Å². The molecule has 0 heterocycles. The molecule has 4 rings (SSSR count). The molecule has 0 aromatic rings. The molecule has 15 heteroatoms. The molecule has 0 amide bonds. The summed E-state index contributed by atoms with van der Waals surface area (Å²) in [5.74, 6) is 1.01. The second-order valence-corrected chi connectivity index (χ2v) is 30.0. The minimum atomic E-state index is -0.753. The molecule has 145 valence electrons. The van der Waals surface area contributed by atoms with Crippen LogP contribution in [-0.2, 0) is 0 Å². The van der Waals surface area contributed by atoms with E-state index in [0.717, 1.165) is 5.92 Å². The molecule has 4 aliphatic rings. The van der Waals surface area contributed by atoms with Crippen LogP contribution in [0.3, 0.4) is 0 Å². The van der Waals surface area contributed by atoms with Crippen molar-refractivity contribution in [3.05, 3.63) is 5.92 Å². The fourth-order valence-electron chi connectivity index (χ4n) is 3.59. The molecule has 4 bridgehead atoms. The number of alkyl halides is 15. The molecule has 4 fully saturated rings. The maximum atomic E-state index is 4.06. The lowest BCUT2D eigenvalue weighted by Gasteiger charge is -2.85. The van der Waals surface area contributed by atoms with E-state index in [-0.39, 0.29) is 0 Å². The van der Waals surface area contributed by atoms with Gasteiger partial charge in [0.25, 0.3) is 0 Å². The fraction of sp³-hybridized carbons (Fsp3) is 0.900. The summed E-state index contributed by atoms with van der Waals surface area (Å²) in [6, 6.07) is 0. The van der Waals surface area contributed by atoms with Crippen LogP contribution in [0.5, 0.6) is 0 Å². The van der Waals surface area contributed by atoms with Crippen molar-refractivity contribution in [3.8, 4) is 0 Å². The minimum Gasteiger partial charge on any atom is -0.0777 e. The number of halogens is 15. The molecular weight excluding hydrogens is 1320 g/mol. The molecular formula is C10Br15. The zero-order valence-electron chi connectivity index (χ0n) is 10.7. The van der Waals surface area contributed by atoms with Gasteiger partial charge in [-0.2, -0.15) is 0 Å². The standard InChI is InChI=1S/C10Br15/c11-2(12)1-3(13,14)6(18)8(20,21)5(2,17)9(22,23)7(19,4(1,15)16)10(6,24)25. The Kier molecular flexibility index (Phi) is 7.40. The highest BCUT2D eigenvalue weighted by molar-refractivity contribution is 9.33. The van der Waals surface area contributed by atoms with Crippen LogP contribution in [0.4, 0.5) is 0 Å². The highest BCUT2D eigenvalue weighted by Gasteiger charge is 3.03. The van der Waals surface area contributed by atoms with Crippen LogP contribution < -0.4 is 0 Å². The molecule has 0 unspecified atom stereocenters. The van der Waals surface area contributed by atoms with Crippen molar-refractivity contribution in [2.24, 2.45) is 0 Å². The van der Waals surface area contributed by atoms with Crippen LogP contribution in [-0.4, -0.2) is 32.4 Å². The van der Waals surface area contributed by atoms with E-state index in [0.29, 0.717) is 0 Å². The molecule has 0 nitrogen and oxygen atoms in total. The Morgan fingerprint density at radius 1 is 0.320 bits per heavy atom. The lowest BCUT2D eigenvalue weighted by atomic mass is 9.54. The van der Waals surface area contributed by atoms with Crippen LogP contribution in [0.1, 0.15) is 0 Å². The Morgan fingerprint density at radius 2 is 0.480 bits per heavy atom. The lowest BCUT2D eigenvalue weighted by Crippen LogP contribution is -3.00.